The maximum absolute atomic E-state index is 12.9. The van der Waals surface area contributed by atoms with Crippen LogP contribution >= 0.6 is 0 Å². The fourth-order valence-electron chi connectivity index (χ4n) is 5.64. The van der Waals surface area contributed by atoms with Gasteiger partial charge in [-0.1, -0.05) is 67.9 Å². The minimum atomic E-state index is -0.555. The molecule has 218 valence electrons. The van der Waals surface area contributed by atoms with E-state index < -0.39 is 5.60 Å². The Morgan fingerprint density at radius 3 is 2.26 bits per heavy atom. The van der Waals surface area contributed by atoms with Crippen molar-refractivity contribution in [1.29, 1.82) is 0 Å². The van der Waals surface area contributed by atoms with Crippen molar-refractivity contribution in [3.8, 4) is 22.5 Å². The number of benzene rings is 4. The van der Waals surface area contributed by atoms with Crippen LogP contribution in [-0.4, -0.2) is 30.7 Å². The van der Waals surface area contributed by atoms with E-state index in [0.29, 0.717) is 12.1 Å². The number of para-hydroxylation sites is 2. The Morgan fingerprint density at radius 2 is 1.51 bits per heavy atom. The molecule has 0 fully saturated rings. The molecule has 0 aliphatic carbocycles. The zero-order chi connectivity index (χ0) is 30.1. The Hall–Kier alpha value is -4.71. The molecule has 0 bridgehead atoms. The molecule has 0 N–H and O–H groups in total. The number of esters is 1. The van der Waals surface area contributed by atoms with Crippen molar-refractivity contribution in [2.24, 2.45) is 7.05 Å². The number of imidazole rings is 2. The minimum Gasteiger partial charge on any atom is -0.456 e. The summed E-state index contributed by atoms with van der Waals surface area (Å²) in [6.07, 6.45) is 3.12. The quantitative estimate of drug-likeness (QED) is 0.172. The first-order valence-electron chi connectivity index (χ1n) is 15.0. The second kappa shape index (κ2) is 11.5. The van der Waals surface area contributed by atoms with Crippen molar-refractivity contribution in [3.05, 3.63) is 108 Å². The monoisotopic (exact) mass is 570 g/mol. The van der Waals surface area contributed by atoms with Gasteiger partial charge in [0.15, 0.2) is 0 Å². The average Bonchev–Trinajstić information content (AvgIpc) is 3.52. The van der Waals surface area contributed by atoms with Gasteiger partial charge in [0.1, 0.15) is 17.2 Å². The number of fused-ring (bicyclic) bond motifs is 2. The van der Waals surface area contributed by atoms with Crippen LogP contribution in [0.3, 0.4) is 0 Å². The Bertz CT molecular complexity index is 1920. The maximum Gasteiger partial charge on any atom is 0.339 e. The molecule has 0 radical (unpaired) electrons. The molecule has 2 aromatic heterocycles. The predicted octanol–water partition coefficient (Wildman–Crippen LogP) is 8.60. The number of hydrogen-bond acceptors (Lipinski definition) is 4. The number of nitrogens with zero attached hydrogens (tertiary/aromatic N) is 4. The van der Waals surface area contributed by atoms with Gasteiger partial charge in [-0.25, -0.2) is 14.8 Å². The van der Waals surface area contributed by atoms with Gasteiger partial charge in [0, 0.05) is 25.6 Å². The molecule has 6 nitrogen and oxygen atoms in total. The molecule has 0 aliphatic rings. The zero-order valence-electron chi connectivity index (χ0n) is 25.6. The van der Waals surface area contributed by atoms with Crippen LogP contribution in [0.25, 0.3) is 44.6 Å². The SMILES string of the molecule is CCCCc1nc2ccc(-c3nc4ccccc4n3C)cc2n1Cc1ccc(-c2ccccc2C(=O)OC(C)(C)C)cc1. The van der Waals surface area contributed by atoms with Gasteiger partial charge in [0.2, 0.25) is 0 Å². The van der Waals surface area contributed by atoms with E-state index >= 15 is 0 Å². The van der Waals surface area contributed by atoms with Crippen LogP contribution in [0.5, 0.6) is 0 Å². The fourth-order valence-corrected chi connectivity index (χ4v) is 5.64. The van der Waals surface area contributed by atoms with Crippen molar-refractivity contribution < 1.29 is 9.53 Å². The number of aryl methyl sites for hydroxylation is 2. The highest BCUT2D eigenvalue weighted by molar-refractivity contribution is 5.97. The van der Waals surface area contributed by atoms with Crippen LogP contribution in [0, 0.1) is 0 Å². The van der Waals surface area contributed by atoms with Crippen LogP contribution in [0.4, 0.5) is 0 Å². The van der Waals surface area contributed by atoms with Crippen LogP contribution in [-0.2, 0) is 24.8 Å². The highest BCUT2D eigenvalue weighted by Crippen LogP contribution is 2.30. The molecule has 0 saturated carbocycles. The Balaban J connectivity index is 1.35. The molecule has 6 aromatic rings. The van der Waals surface area contributed by atoms with Gasteiger partial charge >= 0.3 is 5.97 Å². The van der Waals surface area contributed by atoms with Crippen LogP contribution in [0.1, 0.15) is 62.3 Å². The van der Waals surface area contributed by atoms with Gasteiger partial charge < -0.3 is 13.9 Å². The number of hydrogen-bond donors (Lipinski definition) is 0. The van der Waals surface area contributed by atoms with E-state index in [0.717, 1.165) is 69.7 Å². The summed E-state index contributed by atoms with van der Waals surface area (Å²) in [6, 6.07) is 30.8. The second-order valence-electron chi connectivity index (χ2n) is 12.1. The molecule has 43 heavy (non-hydrogen) atoms. The van der Waals surface area contributed by atoms with Gasteiger partial charge in [-0.05, 0) is 80.3 Å². The first-order chi connectivity index (χ1) is 20.7. The van der Waals surface area contributed by atoms with Crippen molar-refractivity contribution in [3.63, 3.8) is 0 Å². The third kappa shape index (κ3) is 5.82. The lowest BCUT2D eigenvalue weighted by Gasteiger charge is -2.20. The number of rotatable bonds is 8. The first kappa shape index (κ1) is 28.4. The number of ether oxygens (including phenoxy) is 1. The molecule has 0 unspecified atom stereocenters. The summed E-state index contributed by atoms with van der Waals surface area (Å²) in [4.78, 5) is 22.9. The lowest BCUT2D eigenvalue weighted by atomic mass is 9.98. The van der Waals surface area contributed by atoms with E-state index in [-0.39, 0.29) is 5.97 Å². The fraction of sp³-hybridized carbons (Fsp3) is 0.270. The lowest BCUT2D eigenvalue weighted by Crippen LogP contribution is -2.24. The highest BCUT2D eigenvalue weighted by Gasteiger charge is 2.21. The summed E-state index contributed by atoms with van der Waals surface area (Å²) in [5.74, 6) is 1.73. The number of aromatic nitrogens is 4. The highest BCUT2D eigenvalue weighted by atomic mass is 16.6. The summed E-state index contributed by atoms with van der Waals surface area (Å²) in [6.45, 7) is 8.58. The molecule has 0 aliphatic heterocycles. The van der Waals surface area contributed by atoms with Crippen molar-refractivity contribution in [1.82, 2.24) is 19.1 Å². The summed E-state index contributed by atoms with van der Waals surface area (Å²) >= 11 is 0. The van der Waals surface area contributed by atoms with Crippen LogP contribution in [0.2, 0.25) is 0 Å². The first-order valence-corrected chi connectivity index (χ1v) is 15.0. The van der Waals surface area contributed by atoms with E-state index in [1.807, 2.05) is 57.2 Å². The number of carbonyl (C=O) groups is 1. The largest absolute Gasteiger partial charge is 0.456 e. The predicted molar refractivity (Wildman–Crippen MR) is 174 cm³/mol. The molecule has 4 aromatic carbocycles. The maximum atomic E-state index is 12.9. The lowest BCUT2D eigenvalue weighted by molar-refractivity contribution is 0.00704. The second-order valence-corrected chi connectivity index (χ2v) is 12.1. The zero-order valence-corrected chi connectivity index (χ0v) is 25.6. The van der Waals surface area contributed by atoms with Crippen molar-refractivity contribution >= 4 is 28.0 Å². The third-order valence-electron chi connectivity index (χ3n) is 7.78. The third-order valence-corrected chi connectivity index (χ3v) is 7.78. The smallest absolute Gasteiger partial charge is 0.339 e. The summed E-state index contributed by atoms with van der Waals surface area (Å²) in [7, 11) is 2.07. The Labute approximate surface area is 253 Å². The molecule has 0 saturated heterocycles. The van der Waals surface area contributed by atoms with Crippen molar-refractivity contribution in [2.75, 3.05) is 0 Å². The van der Waals surface area contributed by atoms with Gasteiger partial charge in [0.25, 0.3) is 0 Å². The molecule has 0 spiro atoms. The normalized spacial score (nSPS) is 11.8. The van der Waals surface area contributed by atoms with Gasteiger partial charge in [-0.3, -0.25) is 0 Å². The van der Waals surface area contributed by atoms with E-state index in [1.165, 1.54) is 5.56 Å². The molecule has 6 rings (SSSR count). The Morgan fingerprint density at radius 1 is 0.814 bits per heavy atom. The van der Waals surface area contributed by atoms with Gasteiger partial charge in [-0.2, -0.15) is 0 Å². The summed E-state index contributed by atoms with van der Waals surface area (Å²) in [5, 5.41) is 0. The van der Waals surface area contributed by atoms with E-state index in [1.54, 1.807) is 0 Å². The molecule has 2 heterocycles. The van der Waals surface area contributed by atoms with Gasteiger partial charge in [0.05, 0.1) is 27.6 Å². The number of carbonyl (C=O) groups excluding carboxylic acids is 1. The average molecular weight is 571 g/mol. The Kier molecular flexibility index (Phi) is 7.61. The summed E-state index contributed by atoms with van der Waals surface area (Å²) < 4.78 is 10.2. The molecule has 0 amide bonds. The van der Waals surface area contributed by atoms with E-state index in [2.05, 4.69) is 77.7 Å². The molecular formula is C37H38N4O2. The van der Waals surface area contributed by atoms with E-state index in [9.17, 15) is 4.79 Å². The van der Waals surface area contributed by atoms with Crippen LogP contribution in [0.15, 0.2) is 91.0 Å². The topological polar surface area (TPSA) is 61.9 Å². The van der Waals surface area contributed by atoms with Gasteiger partial charge in [-0.15, -0.1) is 0 Å². The summed E-state index contributed by atoms with van der Waals surface area (Å²) in [5.41, 5.74) is 8.32. The standard InChI is InChI=1S/C37H38N4O2/c1-6-7-16-34-38-31-22-21-27(35-39-30-14-10-11-15-32(30)40(35)5)23-33(31)41(34)24-25-17-19-26(20-18-25)28-12-8-9-13-29(28)36(42)43-37(2,3)4/h8-15,17-23H,6-7,16,24H2,1-5H3. The van der Waals surface area contributed by atoms with Crippen LogP contribution < -0.4 is 0 Å². The van der Waals surface area contributed by atoms with E-state index in [4.69, 9.17) is 14.7 Å². The molecular weight excluding hydrogens is 532 g/mol. The number of unbranched alkanes of at least 4 members (excludes halogenated alkanes) is 1. The molecule has 6 heteroatoms. The van der Waals surface area contributed by atoms with Crippen molar-refractivity contribution in [2.45, 2.75) is 59.1 Å². The minimum absolute atomic E-state index is 0.311. The molecule has 0 atom stereocenters.